The smallest absolute Gasteiger partial charge is 0.391 e. The Balaban J connectivity index is 2.01. The average molecular weight is 321 g/mol. The number of nitrogens with two attached hydrogens (primary N) is 1. The van der Waals surface area contributed by atoms with E-state index in [1.165, 1.54) is 12.1 Å². The highest BCUT2D eigenvalue weighted by Gasteiger charge is 2.43. The second-order valence-electron chi connectivity index (χ2n) is 5.33. The molecule has 0 heterocycles. The third kappa shape index (κ3) is 4.03. The largest absolute Gasteiger partial charge is 0.397 e. The number of carbonyl (C=O) groups is 1. The SMILES string of the molecule is Nc1cc(NC(=O)C2CCCC(C(F)(F)F)C2)ccc1Cl. The van der Waals surface area contributed by atoms with Gasteiger partial charge in [-0.25, -0.2) is 0 Å². The monoisotopic (exact) mass is 320 g/mol. The second kappa shape index (κ2) is 6.13. The Bertz CT molecular complexity index is 533. The quantitative estimate of drug-likeness (QED) is 0.801. The normalized spacial score (nSPS) is 22.9. The molecule has 116 valence electrons. The summed E-state index contributed by atoms with van der Waals surface area (Å²) < 4.78 is 38.2. The molecule has 1 amide bonds. The van der Waals surface area contributed by atoms with Crippen molar-refractivity contribution < 1.29 is 18.0 Å². The molecular formula is C14H16ClF3N2O. The maximum absolute atomic E-state index is 12.7. The summed E-state index contributed by atoms with van der Waals surface area (Å²) >= 11 is 5.77. The van der Waals surface area contributed by atoms with E-state index in [1.807, 2.05) is 0 Å². The van der Waals surface area contributed by atoms with Crippen molar-refractivity contribution >= 4 is 28.9 Å². The number of hydrogen-bond acceptors (Lipinski definition) is 2. The Kier molecular flexibility index (Phi) is 4.66. The molecule has 3 N–H and O–H groups in total. The van der Waals surface area contributed by atoms with Gasteiger partial charge in [-0.1, -0.05) is 18.0 Å². The highest BCUT2D eigenvalue weighted by Crippen LogP contribution is 2.40. The Hall–Kier alpha value is -1.43. The second-order valence-corrected chi connectivity index (χ2v) is 5.73. The van der Waals surface area contributed by atoms with Gasteiger partial charge in [0.05, 0.1) is 16.6 Å². The van der Waals surface area contributed by atoms with Crippen molar-refractivity contribution in [3.63, 3.8) is 0 Å². The number of nitrogens with one attached hydrogen (secondary N) is 1. The van der Waals surface area contributed by atoms with Gasteiger partial charge >= 0.3 is 6.18 Å². The van der Waals surface area contributed by atoms with Crippen LogP contribution in [0.4, 0.5) is 24.5 Å². The highest BCUT2D eigenvalue weighted by atomic mass is 35.5. The van der Waals surface area contributed by atoms with E-state index in [4.69, 9.17) is 17.3 Å². The summed E-state index contributed by atoms with van der Waals surface area (Å²) in [6, 6.07) is 4.59. The Morgan fingerprint density at radius 2 is 2.05 bits per heavy atom. The van der Waals surface area contributed by atoms with E-state index in [1.54, 1.807) is 6.07 Å². The Morgan fingerprint density at radius 3 is 2.67 bits per heavy atom. The van der Waals surface area contributed by atoms with Crippen LogP contribution in [0, 0.1) is 11.8 Å². The van der Waals surface area contributed by atoms with Crippen LogP contribution in [0.1, 0.15) is 25.7 Å². The van der Waals surface area contributed by atoms with E-state index in [9.17, 15) is 18.0 Å². The van der Waals surface area contributed by atoms with E-state index in [2.05, 4.69) is 5.32 Å². The number of hydrogen-bond donors (Lipinski definition) is 2. The van der Waals surface area contributed by atoms with Gasteiger partial charge in [0.25, 0.3) is 0 Å². The molecule has 0 aromatic heterocycles. The van der Waals surface area contributed by atoms with Crippen molar-refractivity contribution in [1.29, 1.82) is 0 Å². The minimum Gasteiger partial charge on any atom is -0.397 e. The maximum Gasteiger partial charge on any atom is 0.391 e. The van der Waals surface area contributed by atoms with E-state index in [0.29, 0.717) is 29.2 Å². The van der Waals surface area contributed by atoms with Gasteiger partial charge in [-0.05, 0) is 37.5 Å². The van der Waals surface area contributed by atoms with E-state index in [0.717, 1.165) is 0 Å². The molecule has 2 atom stereocenters. The fourth-order valence-electron chi connectivity index (χ4n) is 2.59. The molecule has 21 heavy (non-hydrogen) atoms. The number of alkyl halides is 3. The third-order valence-corrected chi connectivity index (χ3v) is 4.12. The minimum absolute atomic E-state index is 0.0984. The van der Waals surface area contributed by atoms with Gasteiger partial charge in [-0.2, -0.15) is 13.2 Å². The predicted octanol–water partition coefficient (Wildman–Crippen LogP) is 4.23. The molecule has 7 heteroatoms. The molecule has 1 fully saturated rings. The van der Waals surface area contributed by atoms with Gasteiger partial charge in [0.1, 0.15) is 0 Å². The van der Waals surface area contributed by atoms with Crippen LogP contribution in [0.3, 0.4) is 0 Å². The van der Waals surface area contributed by atoms with Crippen LogP contribution in [0.25, 0.3) is 0 Å². The Labute approximate surface area is 125 Å². The van der Waals surface area contributed by atoms with Gasteiger partial charge in [-0.3, -0.25) is 4.79 Å². The predicted molar refractivity (Wildman–Crippen MR) is 76.0 cm³/mol. The van der Waals surface area contributed by atoms with E-state index >= 15 is 0 Å². The topological polar surface area (TPSA) is 55.1 Å². The third-order valence-electron chi connectivity index (χ3n) is 3.77. The van der Waals surface area contributed by atoms with Crippen molar-refractivity contribution in [1.82, 2.24) is 0 Å². The molecule has 1 aromatic carbocycles. The van der Waals surface area contributed by atoms with Crippen molar-refractivity contribution in [3.8, 4) is 0 Å². The minimum atomic E-state index is -4.23. The molecule has 0 radical (unpaired) electrons. The number of rotatable bonds is 2. The zero-order chi connectivity index (χ0) is 15.6. The Morgan fingerprint density at radius 1 is 1.33 bits per heavy atom. The zero-order valence-electron chi connectivity index (χ0n) is 11.2. The number of halogens is 4. The van der Waals surface area contributed by atoms with Crippen LogP contribution < -0.4 is 11.1 Å². The van der Waals surface area contributed by atoms with E-state index in [-0.39, 0.29) is 12.8 Å². The molecule has 0 aliphatic heterocycles. The summed E-state index contributed by atoms with van der Waals surface area (Å²) in [5.74, 6) is -2.41. The lowest BCUT2D eigenvalue weighted by Gasteiger charge is -2.29. The van der Waals surface area contributed by atoms with Gasteiger partial charge in [0, 0.05) is 11.6 Å². The standard InChI is InChI=1S/C14H16ClF3N2O/c15-11-5-4-10(7-12(11)19)20-13(21)8-2-1-3-9(6-8)14(16,17)18/h4-5,7-9H,1-3,6,19H2,(H,20,21). The molecule has 1 aromatic rings. The number of benzene rings is 1. The van der Waals surface area contributed by atoms with Crippen molar-refractivity contribution in [2.45, 2.75) is 31.9 Å². The van der Waals surface area contributed by atoms with Crippen LogP contribution >= 0.6 is 11.6 Å². The number of nitrogen functional groups attached to an aromatic ring is 1. The summed E-state index contributed by atoms with van der Waals surface area (Å²) in [7, 11) is 0. The van der Waals surface area contributed by atoms with Crippen LogP contribution in [-0.2, 0) is 4.79 Å². The molecule has 2 rings (SSSR count). The molecule has 3 nitrogen and oxygen atoms in total. The first-order valence-electron chi connectivity index (χ1n) is 6.70. The average Bonchev–Trinajstić information content (AvgIpc) is 2.42. The van der Waals surface area contributed by atoms with Crippen molar-refractivity contribution in [2.75, 3.05) is 11.1 Å². The summed E-state index contributed by atoms with van der Waals surface area (Å²) in [5.41, 5.74) is 6.37. The number of carbonyl (C=O) groups excluding carboxylic acids is 1. The van der Waals surface area contributed by atoms with Crippen molar-refractivity contribution in [2.24, 2.45) is 11.8 Å². The summed E-state index contributed by atoms with van der Waals surface area (Å²) in [6.07, 6.45) is -3.41. The maximum atomic E-state index is 12.7. The lowest BCUT2D eigenvalue weighted by Crippen LogP contribution is -2.34. The number of amides is 1. The van der Waals surface area contributed by atoms with Gasteiger partial charge < -0.3 is 11.1 Å². The summed E-state index contributed by atoms with van der Waals surface area (Å²) in [4.78, 5) is 12.1. The molecule has 1 aliphatic rings. The zero-order valence-corrected chi connectivity index (χ0v) is 12.0. The summed E-state index contributed by atoms with van der Waals surface area (Å²) in [5, 5.41) is 2.97. The van der Waals surface area contributed by atoms with Crippen molar-refractivity contribution in [3.05, 3.63) is 23.2 Å². The van der Waals surface area contributed by atoms with Crippen LogP contribution in [-0.4, -0.2) is 12.1 Å². The van der Waals surface area contributed by atoms with Gasteiger partial charge in [0.15, 0.2) is 0 Å². The molecule has 0 saturated heterocycles. The molecule has 1 aliphatic carbocycles. The fraction of sp³-hybridized carbons (Fsp3) is 0.500. The first kappa shape index (κ1) is 15.9. The first-order valence-corrected chi connectivity index (χ1v) is 7.08. The fourth-order valence-corrected chi connectivity index (χ4v) is 2.71. The van der Waals surface area contributed by atoms with E-state index < -0.39 is 23.9 Å². The molecule has 2 unspecified atom stereocenters. The lowest BCUT2D eigenvalue weighted by molar-refractivity contribution is -0.185. The van der Waals surface area contributed by atoms with Gasteiger partial charge in [0.2, 0.25) is 5.91 Å². The molecular weight excluding hydrogens is 305 g/mol. The van der Waals surface area contributed by atoms with Crippen LogP contribution in [0.2, 0.25) is 5.02 Å². The number of anilines is 2. The van der Waals surface area contributed by atoms with Crippen LogP contribution in [0.5, 0.6) is 0 Å². The molecule has 1 saturated carbocycles. The highest BCUT2D eigenvalue weighted by molar-refractivity contribution is 6.33. The first-order chi connectivity index (χ1) is 9.77. The summed E-state index contributed by atoms with van der Waals surface area (Å²) in [6.45, 7) is 0. The lowest BCUT2D eigenvalue weighted by atomic mass is 9.80. The molecule has 0 spiro atoms. The van der Waals surface area contributed by atoms with Gasteiger partial charge in [-0.15, -0.1) is 0 Å². The molecule has 0 bridgehead atoms. The van der Waals surface area contributed by atoms with Crippen LogP contribution in [0.15, 0.2) is 18.2 Å².